The van der Waals surface area contributed by atoms with Crippen molar-refractivity contribution in [2.45, 2.75) is 12.2 Å². The number of rotatable bonds is 8. The van der Waals surface area contributed by atoms with E-state index in [1.165, 1.54) is 0 Å². The van der Waals surface area contributed by atoms with Crippen LogP contribution in [0.15, 0.2) is 48.5 Å². The third kappa shape index (κ3) is 4.38. The van der Waals surface area contributed by atoms with E-state index in [0.29, 0.717) is 23.1 Å². The summed E-state index contributed by atoms with van der Waals surface area (Å²) in [5.41, 5.74) is 0.877. The Hall–Kier alpha value is -1.75. The van der Waals surface area contributed by atoms with Crippen molar-refractivity contribution in [2.24, 2.45) is 0 Å². The molecule has 4 nitrogen and oxygen atoms in total. The molecule has 124 valence electrons. The molecule has 0 saturated carbocycles. The van der Waals surface area contributed by atoms with Crippen molar-refractivity contribution in [1.82, 2.24) is 5.32 Å². The summed E-state index contributed by atoms with van der Waals surface area (Å²) < 4.78 is 17.2. The minimum absolute atomic E-state index is 0.204. The third-order valence-corrected chi connectivity index (χ3v) is 3.92. The van der Waals surface area contributed by atoms with Crippen LogP contribution in [0.4, 0.5) is 0 Å². The van der Waals surface area contributed by atoms with Gasteiger partial charge in [0.2, 0.25) is 0 Å². The average Bonchev–Trinajstić information content (AvgIpc) is 2.59. The third-order valence-electron chi connectivity index (χ3n) is 3.58. The first-order valence-corrected chi connectivity index (χ1v) is 7.80. The second-order valence-electron chi connectivity index (χ2n) is 5.04. The maximum absolute atomic E-state index is 6.37. The lowest BCUT2D eigenvalue weighted by Crippen LogP contribution is -2.34. The Balaban J connectivity index is 2.39. The Kier molecular flexibility index (Phi) is 6.71. The van der Waals surface area contributed by atoms with Gasteiger partial charge < -0.3 is 19.5 Å². The van der Waals surface area contributed by atoms with E-state index >= 15 is 0 Å². The Morgan fingerprint density at radius 3 is 2.26 bits per heavy atom. The van der Waals surface area contributed by atoms with Gasteiger partial charge in [-0.2, -0.15) is 0 Å². The van der Waals surface area contributed by atoms with Gasteiger partial charge in [0.1, 0.15) is 6.10 Å². The molecule has 0 aliphatic heterocycles. The van der Waals surface area contributed by atoms with Crippen molar-refractivity contribution in [3.8, 4) is 11.5 Å². The van der Waals surface area contributed by atoms with Crippen LogP contribution in [0.5, 0.6) is 11.5 Å². The number of para-hydroxylation sites is 2. The zero-order valence-corrected chi connectivity index (χ0v) is 14.3. The lowest BCUT2D eigenvalue weighted by molar-refractivity contribution is 0.00162. The van der Waals surface area contributed by atoms with Gasteiger partial charge in [-0.1, -0.05) is 41.9 Å². The fraction of sp³-hybridized carbons (Fsp3) is 0.333. The van der Waals surface area contributed by atoms with Crippen molar-refractivity contribution in [1.29, 1.82) is 0 Å². The SMILES string of the molecule is CNCC(OC)C(Oc1ccccc1OC)c1ccccc1Cl. The fourth-order valence-corrected chi connectivity index (χ4v) is 2.66. The van der Waals surface area contributed by atoms with E-state index in [1.807, 2.05) is 55.6 Å². The van der Waals surface area contributed by atoms with E-state index < -0.39 is 0 Å². The van der Waals surface area contributed by atoms with E-state index in [9.17, 15) is 0 Å². The quantitative estimate of drug-likeness (QED) is 0.798. The Labute approximate surface area is 142 Å². The van der Waals surface area contributed by atoms with Gasteiger partial charge in [0, 0.05) is 24.2 Å². The molecular formula is C18H22ClNO3. The zero-order valence-electron chi connectivity index (χ0n) is 13.6. The van der Waals surface area contributed by atoms with Crippen molar-refractivity contribution < 1.29 is 14.2 Å². The van der Waals surface area contributed by atoms with Crippen molar-refractivity contribution in [2.75, 3.05) is 27.8 Å². The summed E-state index contributed by atoms with van der Waals surface area (Å²) in [5, 5.41) is 3.77. The lowest BCUT2D eigenvalue weighted by Gasteiger charge is -2.28. The second kappa shape index (κ2) is 8.77. The predicted molar refractivity (Wildman–Crippen MR) is 92.5 cm³/mol. The van der Waals surface area contributed by atoms with Gasteiger partial charge in [-0.15, -0.1) is 0 Å². The van der Waals surface area contributed by atoms with E-state index in [0.717, 1.165) is 5.56 Å². The predicted octanol–water partition coefficient (Wildman–Crippen LogP) is 3.70. The maximum Gasteiger partial charge on any atom is 0.162 e. The molecule has 0 heterocycles. The average molecular weight is 336 g/mol. The first-order chi connectivity index (χ1) is 11.2. The molecule has 0 aliphatic carbocycles. The fourth-order valence-electron chi connectivity index (χ4n) is 2.41. The van der Waals surface area contributed by atoms with Crippen LogP contribution in [-0.4, -0.2) is 33.9 Å². The monoisotopic (exact) mass is 335 g/mol. The van der Waals surface area contributed by atoms with Gasteiger partial charge in [0.25, 0.3) is 0 Å². The summed E-state index contributed by atoms with van der Waals surface area (Å²) in [6, 6.07) is 15.2. The molecule has 0 aromatic heterocycles. The van der Waals surface area contributed by atoms with Gasteiger partial charge in [-0.05, 0) is 25.2 Å². The van der Waals surface area contributed by atoms with Crippen LogP contribution in [0, 0.1) is 0 Å². The van der Waals surface area contributed by atoms with Crippen LogP contribution in [0.1, 0.15) is 11.7 Å². The number of likely N-dealkylation sites (N-methyl/N-ethyl adjacent to an activating group) is 1. The summed E-state index contributed by atoms with van der Waals surface area (Å²) in [5.74, 6) is 1.32. The largest absolute Gasteiger partial charge is 0.493 e. The molecule has 2 unspecified atom stereocenters. The standard InChI is InChI=1S/C18H22ClNO3/c1-20-12-17(22-3)18(13-8-4-5-9-14(13)19)23-16-11-7-6-10-15(16)21-2/h4-11,17-18,20H,12H2,1-3H3. The summed E-state index contributed by atoms with van der Waals surface area (Å²) in [4.78, 5) is 0. The molecule has 2 aromatic rings. The molecule has 2 aromatic carbocycles. The number of halogens is 1. The van der Waals surface area contributed by atoms with Crippen LogP contribution < -0.4 is 14.8 Å². The molecular weight excluding hydrogens is 314 g/mol. The Morgan fingerprint density at radius 2 is 1.65 bits per heavy atom. The molecule has 0 aliphatic rings. The molecule has 2 atom stereocenters. The summed E-state index contributed by atoms with van der Waals surface area (Å²) in [6.45, 7) is 0.627. The smallest absolute Gasteiger partial charge is 0.162 e. The van der Waals surface area contributed by atoms with E-state index in [1.54, 1.807) is 14.2 Å². The number of nitrogens with one attached hydrogen (secondary N) is 1. The minimum Gasteiger partial charge on any atom is -0.493 e. The Bertz CT molecular complexity index is 621. The molecule has 0 fully saturated rings. The zero-order chi connectivity index (χ0) is 16.7. The van der Waals surface area contributed by atoms with Crippen LogP contribution in [0.25, 0.3) is 0 Å². The molecule has 5 heteroatoms. The van der Waals surface area contributed by atoms with Crippen molar-refractivity contribution >= 4 is 11.6 Å². The molecule has 0 saturated heterocycles. The first kappa shape index (κ1) is 17.6. The van der Waals surface area contributed by atoms with E-state index in [2.05, 4.69) is 5.32 Å². The summed E-state index contributed by atoms with van der Waals surface area (Å²) in [6.07, 6.45) is -0.567. The van der Waals surface area contributed by atoms with Crippen LogP contribution >= 0.6 is 11.6 Å². The van der Waals surface area contributed by atoms with Crippen LogP contribution in [-0.2, 0) is 4.74 Å². The number of hydrogen-bond acceptors (Lipinski definition) is 4. The molecule has 0 bridgehead atoms. The maximum atomic E-state index is 6.37. The molecule has 23 heavy (non-hydrogen) atoms. The highest BCUT2D eigenvalue weighted by Crippen LogP contribution is 2.35. The van der Waals surface area contributed by atoms with Crippen molar-refractivity contribution in [3.63, 3.8) is 0 Å². The summed E-state index contributed by atoms with van der Waals surface area (Å²) in [7, 11) is 5.16. The number of benzene rings is 2. The first-order valence-electron chi connectivity index (χ1n) is 7.42. The highest BCUT2D eigenvalue weighted by atomic mass is 35.5. The molecule has 0 spiro atoms. The highest BCUT2D eigenvalue weighted by Gasteiger charge is 2.27. The van der Waals surface area contributed by atoms with Crippen LogP contribution in [0.2, 0.25) is 5.02 Å². The van der Waals surface area contributed by atoms with Gasteiger partial charge in [0.05, 0.1) is 7.11 Å². The highest BCUT2D eigenvalue weighted by molar-refractivity contribution is 6.31. The number of methoxy groups -OCH3 is 2. The Morgan fingerprint density at radius 1 is 1.00 bits per heavy atom. The van der Waals surface area contributed by atoms with Gasteiger partial charge in [-0.25, -0.2) is 0 Å². The molecule has 0 radical (unpaired) electrons. The number of ether oxygens (including phenoxy) is 3. The topological polar surface area (TPSA) is 39.7 Å². The summed E-state index contributed by atoms with van der Waals surface area (Å²) >= 11 is 6.37. The van der Waals surface area contributed by atoms with E-state index in [-0.39, 0.29) is 12.2 Å². The van der Waals surface area contributed by atoms with Gasteiger partial charge in [-0.3, -0.25) is 0 Å². The van der Waals surface area contributed by atoms with Gasteiger partial charge in [0.15, 0.2) is 17.6 Å². The lowest BCUT2D eigenvalue weighted by atomic mass is 10.0. The van der Waals surface area contributed by atoms with Crippen LogP contribution in [0.3, 0.4) is 0 Å². The second-order valence-corrected chi connectivity index (χ2v) is 5.45. The van der Waals surface area contributed by atoms with Gasteiger partial charge >= 0.3 is 0 Å². The van der Waals surface area contributed by atoms with Crippen molar-refractivity contribution in [3.05, 3.63) is 59.1 Å². The van der Waals surface area contributed by atoms with E-state index in [4.69, 9.17) is 25.8 Å². The normalized spacial score (nSPS) is 13.4. The molecule has 1 N–H and O–H groups in total. The number of hydrogen-bond donors (Lipinski definition) is 1. The minimum atomic E-state index is -0.363. The molecule has 0 amide bonds. The molecule has 2 rings (SSSR count).